The Morgan fingerprint density at radius 3 is 2.27 bits per heavy atom. The lowest BCUT2D eigenvalue weighted by Crippen LogP contribution is -2.23. The summed E-state index contributed by atoms with van der Waals surface area (Å²) in [7, 11) is 1.34. The second-order valence-electron chi connectivity index (χ2n) is 7.10. The molecule has 0 fully saturated rings. The highest BCUT2D eigenvalue weighted by atomic mass is 32.2. The van der Waals surface area contributed by atoms with Crippen molar-refractivity contribution in [1.82, 2.24) is 9.78 Å². The van der Waals surface area contributed by atoms with Crippen molar-refractivity contribution in [3.63, 3.8) is 0 Å². The van der Waals surface area contributed by atoms with Crippen LogP contribution in [0.1, 0.15) is 22.7 Å². The number of nitrogens with one attached hydrogen (secondary N) is 1. The van der Waals surface area contributed by atoms with Gasteiger partial charge in [-0.05, 0) is 43.4 Å². The third-order valence-corrected chi connectivity index (χ3v) is 5.49. The summed E-state index contributed by atoms with van der Waals surface area (Å²) in [5.74, 6) is -0.996. The standard InChI is InChI=1S/C24H26N2O3S/c1-17-21(23(27)26(25-17)19-13-9-6-10-14-19)22(18-11-7-5-8-12-18)20(24(28)29-2)15-16-30(3)4/h5-16,22H,1-4H3,(H-,25,27,28)/b16-15+,24-20+. The van der Waals surface area contributed by atoms with Gasteiger partial charge >= 0.3 is 0 Å². The van der Waals surface area contributed by atoms with Crippen LogP contribution in [0.25, 0.3) is 5.69 Å². The number of aryl methyl sites for hydroxylation is 1. The summed E-state index contributed by atoms with van der Waals surface area (Å²) in [6.07, 6.45) is 5.92. The second kappa shape index (κ2) is 9.59. The molecule has 1 aromatic heterocycles. The van der Waals surface area contributed by atoms with Gasteiger partial charge in [-0.15, -0.1) is 0 Å². The van der Waals surface area contributed by atoms with E-state index < -0.39 is 11.9 Å². The van der Waals surface area contributed by atoms with Crippen molar-refractivity contribution < 1.29 is 9.84 Å². The molecule has 0 saturated heterocycles. The minimum atomic E-state index is -0.549. The highest BCUT2D eigenvalue weighted by Gasteiger charge is 2.27. The molecule has 0 aliphatic carbocycles. The van der Waals surface area contributed by atoms with Crippen LogP contribution >= 0.6 is 0 Å². The van der Waals surface area contributed by atoms with Gasteiger partial charge in [-0.1, -0.05) is 48.5 Å². The van der Waals surface area contributed by atoms with Gasteiger partial charge in [0.1, 0.15) is 17.9 Å². The van der Waals surface area contributed by atoms with E-state index in [0.717, 1.165) is 11.3 Å². The minimum Gasteiger partial charge on any atom is -0.616 e. The number of aromatic nitrogens is 2. The molecule has 3 rings (SSSR count). The average Bonchev–Trinajstić information content (AvgIpc) is 3.05. The number of methoxy groups -OCH3 is 1. The Kier molecular flexibility index (Phi) is 6.90. The summed E-state index contributed by atoms with van der Waals surface area (Å²) in [6.45, 7) is 1.86. The molecule has 3 aromatic rings. The van der Waals surface area contributed by atoms with Crippen LogP contribution in [0.2, 0.25) is 0 Å². The number of aromatic amines is 1. The van der Waals surface area contributed by atoms with Crippen LogP contribution in [0.5, 0.6) is 0 Å². The van der Waals surface area contributed by atoms with Gasteiger partial charge in [-0.3, -0.25) is 9.89 Å². The van der Waals surface area contributed by atoms with E-state index in [4.69, 9.17) is 4.74 Å². The van der Waals surface area contributed by atoms with Gasteiger partial charge < -0.3 is 9.84 Å². The normalized spacial score (nSPS) is 13.5. The van der Waals surface area contributed by atoms with E-state index in [1.807, 2.05) is 73.0 Å². The van der Waals surface area contributed by atoms with Crippen molar-refractivity contribution in [1.29, 1.82) is 0 Å². The minimum absolute atomic E-state index is 0.0195. The number of H-pyrrole nitrogens is 1. The number of ether oxygens (including phenoxy) is 1. The van der Waals surface area contributed by atoms with Crippen molar-refractivity contribution in [2.45, 2.75) is 12.8 Å². The van der Waals surface area contributed by atoms with Gasteiger partial charge in [0.2, 0.25) is 0 Å². The maximum atomic E-state index is 13.5. The molecule has 30 heavy (non-hydrogen) atoms. The lowest BCUT2D eigenvalue weighted by atomic mass is 9.85. The first kappa shape index (κ1) is 21.6. The van der Waals surface area contributed by atoms with Crippen LogP contribution < -0.4 is 10.7 Å². The molecule has 0 saturated carbocycles. The molecule has 0 aliphatic heterocycles. The van der Waals surface area contributed by atoms with Gasteiger partial charge in [0.25, 0.3) is 5.56 Å². The van der Waals surface area contributed by atoms with Crippen LogP contribution in [0, 0.1) is 6.92 Å². The summed E-state index contributed by atoms with van der Waals surface area (Å²) in [5.41, 5.74) is 3.08. The van der Waals surface area contributed by atoms with Gasteiger partial charge in [0.05, 0.1) is 17.2 Å². The summed E-state index contributed by atoms with van der Waals surface area (Å²) in [4.78, 5) is 13.5. The van der Waals surface area contributed by atoms with Gasteiger partial charge in [-0.2, -0.15) is 0 Å². The zero-order valence-electron chi connectivity index (χ0n) is 17.6. The summed E-state index contributed by atoms with van der Waals surface area (Å²) >= 11 is 0. The highest BCUT2D eigenvalue weighted by Crippen LogP contribution is 2.34. The first-order valence-electron chi connectivity index (χ1n) is 9.55. The van der Waals surface area contributed by atoms with Gasteiger partial charge in [-0.25, -0.2) is 4.68 Å². The molecule has 0 bridgehead atoms. The summed E-state index contributed by atoms with van der Waals surface area (Å²) in [5, 5.41) is 17.9. The fraction of sp³-hybridized carbons (Fsp3) is 0.208. The van der Waals surface area contributed by atoms with E-state index in [9.17, 15) is 9.90 Å². The molecule has 0 amide bonds. The maximum absolute atomic E-state index is 13.5. The molecule has 1 heterocycles. The highest BCUT2D eigenvalue weighted by molar-refractivity contribution is 7.98. The quantitative estimate of drug-likeness (QED) is 0.361. The Bertz CT molecular complexity index is 1100. The van der Waals surface area contributed by atoms with Crippen molar-refractivity contribution in [2.75, 3.05) is 19.6 Å². The third kappa shape index (κ3) is 4.54. The van der Waals surface area contributed by atoms with Crippen LogP contribution in [-0.4, -0.2) is 29.4 Å². The Morgan fingerprint density at radius 1 is 1.10 bits per heavy atom. The molecular formula is C24H26N2O3S. The van der Waals surface area contributed by atoms with Crippen molar-refractivity contribution >= 4 is 10.9 Å². The Labute approximate surface area is 179 Å². The Hall–Kier alpha value is -3.12. The van der Waals surface area contributed by atoms with Crippen molar-refractivity contribution in [3.8, 4) is 5.69 Å². The fourth-order valence-corrected chi connectivity index (χ4v) is 3.83. The SMILES string of the molecule is CO/C([O-])=C(\C=C\[S+](C)C)C(c1ccccc1)c1c(C)[nH]n(-c2ccccc2)c1=O. The lowest BCUT2D eigenvalue weighted by Gasteiger charge is -2.23. The van der Waals surface area contributed by atoms with E-state index >= 15 is 0 Å². The number of hydrogen-bond acceptors (Lipinski definition) is 3. The van der Waals surface area contributed by atoms with Gasteiger partial charge in [0.15, 0.2) is 0 Å². The molecule has 1 unspecified atom stereocenters. The number of benzene rings is 2. The number of hydrogen-bond donors (Lipinski definition) is 1. The lowest BCUT2D eigenvalue weighted by molar-refractivity contribution is -0.355. The first-order chi connectivity index (χ1) is 14.4. The number of allylic oxidation sites excluding steroid dienone is 2. The van der Waals surface area contributed by atoms with E-state index in [2.05, 4.69) is 17.6 Å². The predicted molar refractivity (Wildman–Crippen MR) is 122 cm³/mol. The Morgan fingerprint density at radius 2 is 1.70 bits per heavy atom. The molecule has 2 aromatic carbocycles. The van der Waals surface area contributed by atoms with Crippen LogP contribution in [0.15, 0.2) is 88.5 Å². The molecule has 1 atom stereocenters. The smallest absolute Gasteiger partial charge is 0.275 e. The summed E-state index contributed by atoms with van der Waals surface area (Å²) < 4.78 is 6.61. The molecule has 1 N–H and O–H groups in total. The number of rotatable bonds is 7. The third-order valence-electron chi connectivity index (χ3n) is 4.80. The topological polar surface area (TPSA) is 70.1 Å². The van der Waals surface area contributed by atoms with E-state index in [0.29, 0.717) is 16.8 Å². The molecule has 6 heteroatoms. The zero-order chi connectivity index (χ0) is 21.7. The monoisotopic (exact) mass is 422 g/mol. The van der Waals surface area contributed by atoms with Crippen LogP contribution in [0.3, 0.4) is 0 Å². The molecule has 0 radical (unpaired) electrons. The van der Waals surface area contributed by atoms with Crippen LogP contribution in [-0.2, 0) is 15.6 Å². The summed E-state index contributed by atoms with van der Waals surface area (Å²) in [6, 6.07) is 19.0. The number of nitrogens with zero attached hydrogens (tertiary/aromatic N) is 1. The van der Waals surface area contributed by atoms with E-state index in [1.165, 1.54) is 11.8 Å². The zero-order valence-corrected chi connectivity index (χ0v) is 18.4. The molecular weight excluding hydrogens is 396 g/mol. The average molecular weight is 423 g/mol. The van der Waals surface area contributed by atoms with Crippen molar-refractivity contribution in [2.24, 2.45) is 0 Å². The molecule has 0 spiro atoms. The molecule has 5 nitrogen and oxygen atoms in total. The van der Waals surface area contributed by atoms with Gasteiger partial charge in [0, 0.05) is 22.5 Å². The first-order valence-corrected chi connectivity index (χ1v) is 11.7. The second-order valence-corrected chi connectivity index (χ2v) is 9.13. The molecule has 156 valence electrons. The van der Waals surface area contributed by atoms with E-state index in [-0.39, 0.29) is 16.5 Å². The fourth-order valence-electron chi connectivity index (χ4n) is 3.41. The molecule has 0 aliphatic rings. The Balaban J connectivity index is 2.27. The largest absolute Gasteiger partial charge is 0.616 e. The van der Waals surface area contributed by atoms with Crippen LogP contribution in [0.4, 0.5) is 0 Å². The maximum Gasteiger partial charge on any atom is 0.275 e. The van der Waals surface area contributed by atoms with E-state index in [1.54, 1.807) is 6.08 Å². The van der Waals surface area contributed by atoms with Crippen molar-refractivity contribution in [3.05, 3.63) is 111 Å². The predicted octanol–water partition coefficient (Wildman–Crippen LogP) is 3.22. The number of para-hydroxylation sites is 1.